The molecule has 1 aromatic rings. The molecule has 2 N–H and O–H groups in total. The molecule has 3 heterocycles. The van der Waals surface area contributed by atoms with Crippen LogP contribution in [0.15, 0.2) is 0 Å². The fourth-order valence-corrected chi connectivity index (χ4v) is 3.56. The number of carbonyl (C=O) groups is 2. The fourth-order valence-electron chi connectivity index (χ4n) is 3.56. The number of H-pyrrole nitrogens is 1. The van der Waals surface area contributed by atoms with E-state index >= 15 is 0 Å². The molecule has 1 aromatic heterocycles. The van der Waals surface area contributed by atoms with Crippen molar-refractivity contribution in [1.29, 1.82) is 0 Å². The molecule has 7 nitrogen and oxygen atoms in total. The Balaban J connectivity index is 1.64. The van der Waals surface area contributed by atoms with Crippen LogP contribution < -0.4 is 0 Å². The minimum Gasteiger partial charge on any atom is -0.481 e. The number of carbonyl (C=O) groups excluding carboxylic acids is 1. The Labute approximate surface area is 128 Å². The summed E-state index contributed by atoms with van der Waals surface area (Å²) in [7, 11) is 0. The molecule has 2 aliphatic heterocycles. The maximum absolute atomic E-state index is 12.4. The molecule has 2 atom stereocenters. The van der Waals surface area contributed by atoms with Crippen LogP contribution in [0.25, 0.3) is 0 Å². The molecule has 2 fully saturated rings. The van der Waals surface area contributed by atoms with Crippen molar-refractivity contribution in [2.24, 2.45) is 11.3 Å². The summed E-state index contributed by atoms with van der Waals surface area (Å²) in [4.78, 5) is 25.7. The number of hydrogen-bond acceptors (Lipinski definition) is 4. The number of hydrogen-bond donors (Lipinski definition) is 2. The molecule has 0 saturated carbocycles. The van der Waals surface area contributed by atoms with Gasteiger partial charge in [-0.3, -0.25) is 14.7 Å². The summed E-state index contributed by atoms with van der Waals surface area (Å²) in [5.74, 6) is -0.937. The molecule has 0 radical (unpaired) electrons. The average Bonchev–Trinajstić information content (AvgIpc) is 3.10. The molecule has 120 valence electrons. The lowest BCUT2D eigenvalue weighted by Gasteiger charge is -2.22. The largest absolute Gasteiger partial charge is 0.481 e. The molecule has 22 heavy (non-hydrogen) atoms. The molecule has 0 spiro atoms. The van der Waals surface area contributed by atoms with Gasteiger partial charge >= 0.3 is 5.97 Å². The fraction of sp³-hybridized carbons (Fsp3) is 0.667. The first-order valence-corrected chi connectivity index (χ1v) is 7.53. The lowest BCUT2D eigenvalue weighted by Crippen LogP contribution is -2.40. The van der Waals surface area contributed by atoms with E-state index in [-0.39, 0.29) is 25.0 Å². The van der Waals surface area contributed by atoms with E-state index in [4.69, 9.17) is 4.74 Å². The third kappa shape index (κ3) is 2.29. The van der Waals surface area contributed by atoms with Gasteiger partial charge in [0.05, 0.1) is 18.9 Å². The lowest BCUT2D eigenvalue weighted by atomic mass is 9.81. The van der Waals surface area contributed by atoms with Crippen LogP contribution in [0.2, 0.25) is 0 Å². The van der Waals surface area contributed by atoms with E-state index in [1.807, 2.05) is 13.8 Å². The van der Waals surface area contributed by atoms with Crippen LogP contribution >= 0.6 is 0 Å². The average molecular weight is 307 g/mol. The minimum absolute atomic E-state index is 0.00928. The van der Waals surface area contributed by atoms with Crippen LogP contribution in [0.1, 0.15) is 23.4 Å². The Bertz CT molecular complexity index is 592. The van der Waals surface area contributed by atoms with Crippen molar-refractivity contribution in [2.75, 3.05) is 26.3 Å². The molecule has 0 bridgehead atoms. The van der Waals surface area contributed by atoms with Gasteiger partial charge in [-0.25, -0.2) is 0 Å². The zero-order chi connectivity index (χ0) is 15.9. The highest BCUT2D eigenvalue weighted by atomic mass is 16.5. The summed E-state index contributed by atoms with van der Waals surface area (Å²) in [5.41, 5.74) is 2.07. The van der Waals surface area contributed by atoms with E-state index in [0.29, 0.717) is 26.0 Å². The molecule has 2 aliphatic rings. The van der Waals surface area contributed by atoms with Gasteiger partial charge in [0.2, 0.25) is 5.91 Å². The SMILES string of the molecule is Cc1n[nH]c(C)c1CCC(=O)N1C[C@@H]2COC[C@]2(C(=O)O)C1. The van der Waals surface area contributed by atoms with Crippen LogP contribution in [0.3, 0.4) is 0 Å². The normalized spacial score (nSPS) is 27.2. The van der Waals surface area contributed by atoms with Crippen LogP contribution in [0.5, 0.6) is 0 Å². The zero-order valence-electron chi connectivity index (χ0n) is 12.9. The summed E-state index contributed by atoms with van der Waals surface area (Å²) in [6.07, 6.45) is 1.01. The van der Waals surface area contributed by atoms with Gasteiger partial charge in [-0.05, 0) is 25.8 Å². The van der Waals surface area contributed by atoms with Gasteiger partial charge in [0, 0.05) is 31.1 Å². The minimum atomic E-state index is -0.906. The van der Waals surface area contributed by atoms with Gasteiger partial charge in [-0.1, -0.05) is 0 Å². The van der Waals surface area contributed by atoms with Gasteiger partial charge in [0.15, 0.2) is 0 Å². The molecule has 2 saturated heterocycles. The predicted octanol–water partition coefficient (Wildman–Crippen LogP) is 0.519. The van der Waals surface area contributed by atoms with Gasteiger partial charge < -0.3 is 14.7 Å². The van der Waals surface area contributed by atoms with Crippen LogP contribution in [0.4, 0.5) is 0 Å². The highest BCUT2D eigenvalue weighted by Crippen LogP contribution is 2.41. The van der Waals surface area contributed by atoms with Crippen molar-refractivity contribution in [1.82, 2.24) is 15.1 Å². The summed E-state index contributed by atoms with van der Waals surface area (Å²) in [5, 5.41) is 16.5. The highest BCUT2D eigenvalue weighted by Gasteiger charge is 2.57. The zero-order valence-corrected chi connectivity index (χ0v) is 12.9. The first-order chi connectivity index (χ1) is 10.4. The van der Waals surface area contributed by atoms with Crippen molar-refractivity contribution in [3.63, 3.8) is 0 Å². The predicted molar refractivity (Wildman–Crippen MR) is 77.3 cm³/mol. The number of rotatable bonds is 4. The van der Waals surface area contributed by atoms with Crippen molar-refractivity contribution in [2.45, 2.75) is 26.7 Å². The molecule has 3 rings (SSSR count). The number of likely N-dealkylation sites (tertiary alicyclic amines) is 1. The highest BCUT2D eigenvalue weighted by molar-refractivity contribution is 5.81. The molecule has 0 aliphatic carbocycles. The van der Waals surface area contributed by atoms with E-state index < -0.39 is 11.4 Å². The van der Waals surface area contributed by atoms with Gasteiger partial charge in [0.25, 0.3) is 0 Å². The third-order valence-corrected chi connectivity index (χ3v) is 5.02. The molecule has 7 heteroatoms. The van der Waals surface area contributed by atoms with Crippen molar-refractivity contribution in [3.05, 3.63) is 17.0 Å². The number of fused-ring (bicyclic) bond motifs is 1. The van der Waals surface area contributed by atoms with Crippen molar-refractivity contribution < 1.29 is 19.4 Å². The van der Waals surface area contributed by atoms with Gasteiger partial charge in [-0.15, -0.1) is 0 Å². The van der Waals surface area contributed by atoms with Gasteiger partial charge in [-0.2, -0.15) is 5.10 Å². The molecule has 0 unspecified atom stereocenters. The first kappa shape index (κ1) is 15.0. The number of ether oxygens (including phenoxy) is 1. The first-order valence-electron chi connectivity index (χ1n) is 7.53. The summed E-state index contributed by atoms with van der Waals surface area (Å²) >= 11 is 0. The second-order valence-electron chi connectivity index (χ2n) is 6.36. The van der Waals surface area contributed by atoms with E-state index in [2.05, 4.69) is 10.2 Å². The number of amides is 1. The molecular weight excluding hydrogens is 286 g/mol. The van der Waals surface area contributed by atoms with Crippen LogP contribution in [-0.2, 0) is 20.7 Å². The Morgan fingerprint density at radius 3 is 2.86 bits per heavy atom. The maximum Gasteiger partial charge on any atom is 0.314 e. The quantitative estimate of drug-likeness (QED) is 0.845. The van der Waals surface area contributed by atoms with E-state index in [1.165, 1.54) is 0 Å². The maximum atomic E-state index is 12.4. The van der Waals surface area contributed by atoms with Crippen molar-refractivity contribution >= 4 is 11.9 Å². The number of carboxylic acid groups (broad SMARTS) is 1. The summed E-state index contributed by atoms with van der Waals surface area (Å²) in [6, 6.07) is 0. The molecule has 1 amide bonds. The Morgan fingerprint density at radius 2 is 2.27 bits per heavy atom. The number of nitrogens with one attached hydrogen (secondary N) is 1. The standard InChI is InChI=1S/C15H21N3O4/c1-9-12(10(2)17-16-9)3-4-13(19)18-5-11-6-22-8-15(11,7-18)14(20)21/h11H,3-8H2,1-2H3,(H,16,17)(H,20,21)/t11-,15-/m1/s1. The second-order valence-corrected chi connectivity index (χ2v) is 6.36. The van der Waals surface area contributed by atoms with Crippen molar-refractivity contribution in [3.8, 4) is 0 Å². The van der Waals surface area contributed by atoms with Gasteiger partial charge in [0.1, 0.15) is 5.41 Å². The van der Waals surface area contributed by atoms with E-state index in [0.717, 1.165) is 17.0 Å². The van der Waals surface area contributed by atoms with E-state index in [9.17, 15) is 14.7 Å². The van der Waals surface area contributed by atoms with Crippen LogP contribution in [-0.4, -0.2) is 58.4 Å². The number of carboxylic acids is 1. The van der Waals surface area contributed by atoms with E-state index in [1.54, 1.807) is 4.90 Å². The molecule has 0 aromatic carbocycles. The molecular formula is C15H21N3O4. The second kappa shape index (κ2) is 5.39. The van der Waals surface area contributed by atoms with Crippen LogP contribution in [0, 0.1) is 25.2 Å². The smallest absolute Gasteiger partial charge is 0.314 e. The monoisotopic (exact) mass is 307 g/mol. The number of aliphatic carboxylic acids is 1. The topological polar surface area (TPSA) is 95.5 Å². The Morgan fingerprint density at radius 1 is 1.50 bits per heavy atom. The number of nitrogens with zero attached hydrogens (tertiary/aromatic N) is 2. The summed E-state index contributed by atoms with van der Waals surface area (Å²) in [6.45, 7) is 5.23. The Hall–Kier alpha value is -1.89. The summed E-state index contributed by atoms with van der Waals surface area (Å²) < 4.78 is 5.32. The number of aryl methyl sites for hydroxylation is 2. The third-order valence-electron chi connectivity index (χ3n) is 5.02. The number of aromatic nitrogens is 2. The number of aromatic amines is 1. The lowest BCUT2D eigenvalue weighted by molar-refractivity contribution is -0.149. The Kier molecular flexibility index (Phi) is 3.68.